The summed E-state index contributed by atoms with van der Waals surface area (Å²) < 4.78 is 4.95. The van der Waals surface area contributed by atoms with Gasteiger partial charge in [0.05, 0.1) is 24.9 Å². The van der Waals surface area contributed by atoms with E-state index in [9.17, 15) is 14.4 Å². The lowest BCUT2D eigenvalue weighted by Gasteiger charge is -2.32. The van der Waals surface area contributed by atoms with Crippen molar-refractivity contribution in [2.75, 3.05) is 19.0 Å². The molecule has 1 aliphatic heterocycles. The van der Waals surface area contributed by atoms with Crippen LogP contribution < -0.4 is 11.1 Å². The third-order valence-electron chi connectivity index (χ3n) is 5.49. The molecule has 0 radical (unpaired) electrons. The predicted molar refractivity (Wildman–Crippen MR) is 96.5 cm³/mol. The van der Waals surface area contributed by atoms with Gasteiger partial charge in [0.15, 0.2) is 0 Å². The van der Waals surface area contributed by atoms with Crippen molar-refractivity contribution >= 4 is 23.5 Å². The maximum Gasteiger partial charge on any atom is 0.323 e. The van der Waals surface area contributed by atoms with Gasteiger partial charge in [0.1, 0.15) is 6.04 Å². The van der Waals surface area contributed by atoms with Gasteiger partial charge in [-0.25, -0.2) is 0 Å². The molecule has 1 aromatic carbocycles. The first kappa shape index (κ1) is 18.4. The highest BCUT2D eigenvalue weighted by atomic mass is 16.5. The number of para-hydroxylation sites is 1. The number of carbonyl (C=O) groups excluding carboxylic acids is 3. The molecule has 3 N–H and O–H groups in total. The van der Waals surface area contributed by atoms with Crippen molar-refractivity contribution in [3.05, 3.63) is 29.8 Å². The number of esters is 1. The van der Waals surface area contributed by atoms with Gasteiger partial charge in [-0.2, -0.15) is 0 Å². The minimum atomic E-state index is -0.596. The molecule has 1 aromatic rings. The molecular weight excluding hydrogens is 334 g/mol. The Labute approximate surface area is 152 Å². The molecule has 2 aliphatic rings. The van der Waals surface area contributed by atoms with Gasteiger partial charge >= 0.3 is 5.97 Å². The maximum absolute atomic E-state index is 12.6. The van der Waals surface area contributed by atoms with Crippen LogP contribution in [0, 0.1) is 5.92 Å². The van der Waals surface area contributed by atoms with Crippen LogP contribution in [-0.4, -0.2) is 48.4 Å². The second-order valence-corrected chi connectivity index (χ2v) is 7.02. The maximum atomic E-state index is 12.6. The Hall–Kier alpha value is -2.41. The number of benzene rings is 1. The third-order valence-corrected chi connectivity index (χ3v) is 5.49. The number of methoxy groups -OCH3 is 1. The van der Waals surface area contributed by atoms with Crippen LogP contribution in [0.1, 0.15) is 42.5 Å². The van der Waals surface area contributed by atoms with Crippen molar-refractivity contribution in [1.82, 2.24) is 4.90 Å². The molecule has 0 bridgehead atoms. The lowest BCUT2D eigenvalue weighted by atomic mass is 9.85. The molecule has 1 saturated heterocycles. The summed E-state index contributed by atoms with van der Waals surface area (Å²) in [4.78, 5) is 38.3. The summed E-state index contributed by atoms with van der Waals surface area (Å²) in [5.41, 5.74) is 6.01. The van der Waals surface area contributed by atoms with Gasteiger partial charge < -0.3 is 15.8 Å². The van der Waals surface area contributed by atoms with E-state index in [-0.39, 0.29) is 36.1 Å². The summed E-state index contributed by atoms with van der Waals surface area (Å²) in [7, 11) is 1.38. The number of ether oxygens (including phenoxy) is 1. The second-order valence-electron chi connectivity index (χ2n) is 7.02. The molecular formula is C19H25N3O4. The lowest BCUT2D eigenvalue weighted by molar-refractivity contribution is -0.146. The van der Waals surface area contributed by atoms with E-state index in [4.69, 9.17) is 10.5 Å². The van der Waals surface area contributed by atoms with E-state index >= 15 is 0 Å². The Morgan fingerprint density at radius 3 is 2.69 bits per heavy atom. The van der Waals surface area contributed by atoms with Crippen molar-refractivity contribution in [3.63, 3.8) is 0 Å². The number of nitrogens with two attached hydrogens (primary N) is 1. The predicted octanol–water partition coefficient (Wildman–Crippen LogP) is 1.53. The van der Waals surface area contributed by atoms with Gasteiger partial charge in [0, 0.05) is 6.04 Å². The number of carbonyl (C=O) groups is 3. The van der Waals surface area contributed by atoms with Gasteiger partial charge in [-0.05, 0) is 37.3 Å². The number of primary amides is 1. The van der Waals surface area contributed by atoms with Crippen LogP contribution in [0.5, 0.6) is 0 Å². The summed E-state index contributed by atoms with van der Waals surface area (Å²) >= 11 is 0. The van der Waals surface area contributed by atoms with Gasteiger partial charge in [-0.3, -0.25) is 19.3 Å². The van der Waals surface area contributed by atoms with Crippen molar-refractivity contribution < 1.29 is 19.1 Å². The van der Waals surface area contributed by atoms with E-state index in [0.717, 1.165) is 25.7 Å². The molecule has 140 valence electrons. The fraction of sp³-hybridized carbons (Fsp3) is 0.526. The molecule has 1 heterocycles. The first-order chi connectivity index (χ1) is 12.5. The first-order valence-electron chi connectivity index (χ1n) is 9.03. The third kappa shape index (κ3) is 3.72. The van der Waals surface area contributed by atoms with Gasteiger partial charge in [0.2, 0.25) is 5.91 Å². The zero-order valence-electron chi connectivity index (χ0n) is 14.9. The minimum Gasteiger partial charge on any atom is -0.468 e. The van der Waals surface area contributed by atoms with Gasteiger partial charge in [-0.1, -0.05) is 25.0 Å². The number of rotatable bonds is 5. The van der Waals surface area contributed by atoms with Crippen molar-refractivity contribution in [3.8, 4) is 0 Å². The van der Waals surface area contributed by atoms with Gasteiger partial charge in [-0.15, -0.1) is 0 Å². The molecule has 0 spiro atoms. The van der Waals surface area contributed by atoms with E-state index in [2.05, 4.69) is 5.32 Å². The summed E-state index contributed by atoms with van der Waals surface area (Å²) in [6.07, 6.45) is 5.09. The molecule has 2 amide bonds. The molecule has 26 heavy (non-hydrogen) atoms. The molecule has 7 nitrogen and oxygen atoms in total. The van der Waals surface area contributed by atoms with Crippen molar-refractivity contribution in [2.45, 2.75) is 44.2 Å². The van der Waals surface area contributed by atoms with E-state index in [1.807, 2.05) is 4.90 Å². The zero-order valence-corrected chi connectivity index (χ0v) is 14.9. The average molecular weight is 359 g/mol. The van der Waals surface area contributed by atoms with Crippen LogP contribution in [0.2, 0.25) is 0 Å². The summed E-state index contributed by atoms with van der Waals surface area (Å²) in [5.74, 6) is -0.719. The molecule has 0 unspecified atom stereocenters. The highest BCUT2D eigenvalue weighted by Gasteiger charge is 2.46. The molecule has 1 aliphatic carbocycles. The van der Waals surface area contributed by atoms with E-state index in [1.165, 1.54) is 13.5 Å². The number of hydrogen-bond donors (Lipinski definition) is 2. The standard InChI is InChI=1S/C19H25N3O4/c1-26-19(25)16-10-12-6-2-5-9-15(12)22(16)11-17(23)21-14-8-4-3-7-13(14)18(20)24/h3-4,7-8,12,15-16H,2,5-6,9-11H2,1H3,(H2,20,24)(H,21,23)/t12-,15-,16-/m0/s1. The molecule has 7 heteroatoms. The first-order valence-corrected chi connectivity index (χ1v) is 9.03. The number of anilines is 1. The van der Waals surface area contributed by atoms with E-state index in [0.29, 0.717) is 11.6 Å². The summed E-state index contributed by atoms with van der Waals surface area (Å²) in [6.45, 7) is 0.0913. The highest BCUT2D eigenvalue weighted by molar-refractivity contribution is 6.03. The second kappa shape index (κ2) is 7.86. The molecule has 3 rings (SSSR count). The SMILES string of the molecule is COC(=O)[C@@H]1C[C@@H]2CCCC[C@@H]2N1CC(=O)Nc1ccccc1C(N)=O. The topological polar surface area (TPSA) is 102 Å². The van der Waals surface area contributed by atoms with Crippen LogP contribution in [0.4, 0.5) is 5.69 Å². The number of hydrogen-bond acceptors (Lipinski definition) is 5. The molecule has 0 aromatic heterocycles. The van der Waals surface area contributed by atoms with Crippen LogP contribution in [0.25, 0.3) is 0 Å². The normalized spacial score (nSPS) is 25.3. The fourth-order valence-corrected chi connectivity index (χ4v) is 4.31. The van der Waals surface area contributed by atoms with Crippen LogP contribution in [0.15, 0.2) is 24.3 Å². The molecule has 3 atom stereocenters. The van der Waals surface area contributed by atoms with Crippen LogP contribution in [0.3, 0.4) is 0 Å². The van der Waals surface area contributed by atoms with Crippen molar-refractivity contribution in [2.24, 2.45) is 11.7 Å². The Morgan fingerprint density at radius 2 is 1.96 bits per heavy atom. The van der Waals surface area contributed by atoms with Crippen LogP contribution >= 0.6 is 0 Å². The van der Waals surface area contributed by atoms with Gasteiger partial charge in [0.25, 0.3) is 5.91 Å². The Balaban J connectivity index is 1.74. The number of amides is 2. The lowest BCUT2D eigenvalue weighted by Crippen LogP contribution is -2.46. The van der Waals surface area contributed by atoms with Crippen LogP contribution in [-0.2, 0) is 14.3 Å². The number of likely N-dealkylation sites (tertiary alicyclic amines) is 1. The van der Waals surface area contributed by atoms with E-state index in [1.54, 1.807) is 24.3 Å². The monoisotopic (exact) mass is 359 g/mol. The Kier molecular flexibility index (Phi) is 5.56. The number of nitrogens with one attached hydrogen (secondary N) is 1. The molecule has 1 saturated carbocycles. The summed E-state index contributed by atoms with van der Waals surface area (Å²) in [6, 6.07) is 6.48. The van der Waals surface area contributed by atoms with Crippen molar-refractivity contribution in [1.29, 1.82) is 0 Å². The largest absolute Gasteiger partial charge is 0.468 e. The summed E-state index contributed by atoms with van der Waals surface area (Å²) in [5, 5.41) is 2.76. The Morgan fingerprint density at radius 1 is 1.23 bits per heavy atom. The smallest absolute Gasteiger partial charge is 0.323 e. The number of fused-ring (bicyclic) bond motifs is 1. The highest BCUT2D eigenvalue weighted by Crippen LogP contribution is 2.39. The van der Waals surface area contributed by atoms with E-state index < -0.39 is 5.91 Å². The minimum absolute atomic E-state index is 0.0913. The average Bonchev–Trinajstić information content (AvgIpc) is 3.00. The molecule has 2 fully saturated rings. The zero-order chi connectivity index (χ0) is 18.7. The fourth-order valence-electron chi connectivity index (χ4n) is 4.31. The number of nitrogens with zero attached hydrogens (tertiary/aromatic N) is 1. The Bertz CT molecular complexity index is 706. The quantitative estimate of drug-likeness (QED) is 0.776.